The minimum atomic E-state index is -0.337. The van der Waals surface area contributed by atoms with Crippen molar-refractivity contribution in [2.75, 3.05) is 37.6 Å². The molecule has 0 N–H and O–H groups in total. The van der Waals surface area contributed by atoms with Gasteiger partial charge < -0.3 is 19.4 Å². The minimum Gasteiger partial charge on any atom is -0.482 e. The molecule has 1 aliphatic carbocycles. The number of aromatic nitrogens is 2. The first-order chi connectivity index (χ1) is 16.6. The summed E-state index contributed by atoms with van der Waals surface area (Å²) in [6.07, 6.45) is 8.65. The lowest BCUT2D eigenvalue weighted by Gasteiger charge is -2.45. The van der Waals surface area contributed by atoms with Crippen LogP contribution in [0.25, 0.3) is 6.08 Å². The van der Waals surface area contributed by atoms with E-state index in [0.29, 0.717) is 37.7 Å². The topological polar surface area (TPSA) is 78.9 Å². The third-order valence-electron chi connectivity index (χ3n) is 6.76. The maximum Gasteiger partial charge on any atom is 0.289 e. The predicted molar refractivity (Wildman–Crippen MR) is 124 cm³/mol. The van der Waals surface area contributed by atoms with Gasteiger partial charge in [-0.3, -0.25) is 9.59 Å². The molecular formula is C25H28FN5O3. The van der Waals surface area contributed by atoms with Crippen molar-refractivity contribution < 1.29 is 18.7 Å². The highest BCUT2D eigenvalue weighted by atomic mass is 19.1. The van der Waals surface area contributed by atoms with Gasteiger partial charge in [0.15, 0.2) is 5.76 Å². The van der Waals surface area contributed by atoms with Gasteiger partial charge in [0.25, 0.3) is 5.91 Å². The zero-order valence-electron chi connectivity index (χ0n) is 19.0. The van der Waals surface area contributed by atoms with Crippen LogP contribution < -0.4 is 4.90 Å². The Bertz CT molecular complexity index is 1050. The predicted octanol–water partition coefficient (Wildman–Crippen LogP) is 2.48. The van der Waals surface area contributed by atoms with Crippen LogP contribution in [0.5, 0.6) is 0 Å². The lowest BCUT2D eigenvalue weighted by Crippen LogP contribution is -2.58. The van der Waals surface area contributed by atoms with Crippen molar-refractivity contribution in [1.82, 2.24) is 19.8 Å². The van der Waals surface area contributed by atoms with E-state index in [1.165, 1.54) is 12.1 Å². The van der Waals surface area contributed by atoms with E-state index < -0.39 is 0 Å². The van der Waals surface area contributed by atoms with Gasteiger partial charge >= 0.3 is 0 Å². The number of halogens is 1. The van der Waals surface area contributed by atoms with Gasteiger partial charge in [-0.05, 0) is 49.1 Å². The van der Waals surface area contributed by atoms with Gasteiger partial charge in [0, 0.05) is 38.6 Å². The van der Waals surface area contributed by atoms with E-state index in [9.17, 15) is 14.0 Å². The van der Waals surface area contributed by atoms with Gasteiger partial charge in [-0.15, -0.1) is 0 Å². The van der Waals surface area contributed by atoms with E-state index in [2.05, 4.69) is 14.9 Å². The third-order valence-corrected chi connectivity index (χ3v) is 6.76. The fourth-order valence-corrected chi connectivity index (χ4v) is 4.93. The monoisotopic (exact) mass is 465 g/mol. The first kappa shape index (κ1) is 22.3. The summed E-state index contributed by atoms with van der Waals surface area (Å²) >= 11 is 0. The van der Waals surface area contributed by atoms with Gasteiger partial charge in [0.1, 0.15) is 18.5 Å². The number of hydrogen-bond donors (Lipinski definition) is 0. The Kier molecular flexibility index (Phi) is 6.42. The summed E-state index contributed by atoms with van der Waals surface area (Å²) in [7, 11) is 0. The summed E-state index contributed by atoms with van der Waals surface area (Å²) in [5, 5.41) is 0. The summed E-state index contributed by atoms with van der Waals surface area (Å²) in [5.41, 5.74) is 0.685. The van der Waals surface area contributed by atoms with E-state index in [-0.39, 0.29) is 42.1 Å². The Hall–Kier alpha value is -3.49. The molecule has 9 heteroatoms. The molecule has 3 aliphatic rings. The van der Waals surface area contributed by atoms with Crippen LogP contribution in [0.1, 0.15) is 31.2 Å². The molecule has 8 nitrogen and oxygen atoms in total. The molecule has 2 amide bonds. The quantitative estimate of drug-likeness (QED) is 0.646. The lowest BCUT2D eigenvalue weighted by atomic mass is 9.89. The Morgan fingerprint density at radius 3 is 2.50 bits per heavy atom. The van der Waals surface area contributed by atoms with E-state index in [1.54, 1.807) is 41.6 Å². The zero-order valence-corrected chi connectivity index (χ0v) is 19.0. The molecule has 2 aromatic rings. The van der Waals surface area contributed by atoms with Gasteiger partial charge in [-0.2, -0.15) is 0 Å². The van der Waals surface area contributed by atoms with Gasteiger partial charge in [0.05, 0.1) is 6.04 Å². The average molecular weight is 466 g/mol. The van der Waals surface area contributed by atoms with Crippen molar-refractivity contribution in [2.45, 2.75) is 37.8 Å². The Balaban J connectivity index is 1.28. The van der Waals surface area contributed by atoms with Crippen LogP contribution in [0, 0.1) is 5.82 Å². The van der Waals surface area contributed by atoms with Gasteiger partial charge in [-0.1, -0.05) is 18.6 Å². The number of amides is 2. The Labute approximate surface area is 198 Å². The number of ether oxygens (including phenoxy) is 1. The van der Waals surface area contributed by atoms with Crippen molar-refractivity contribution >= 4 is 23.8 Å². The second-order valence-electron chi connectivity index (χ2n) is 8.92. The maximum atomic E-state index is 13.4. The Morgan fingerprint density at radius 1 is 1.06 bits per heavy atom. The zero-order chi connectivity index (χ0) is 23.5. The van der Waals surface area contributed by atoms with E-state index >= 15 is 0 Å². The molecule has 1 saturated carbocycles. The summed E-state index contributed by atoms with van der Waals surface area (Å²) < 4.78 is 19.4. The van der Waals surface area contributed by atoms with Crippen LogP contribution in [-0.4, -0.2) is 76.5 Å². The fraction of sp³-hybridized carbons (Fsp3) is 0.440. The summed E-state index contributed by atoms with van der Waals surface area (Å²) in [4.78, 5) is 40.7. The smallest absolute Gasteiger partial charge is 0.289 e. The average Bonchev–Trinajstić information content (AvgIpc) is 2.88. The highest BCUT2D eigenvalue weighted by Gasteiger charge is 2.42. The highest BCUT2D eigenvalue weighted by molar-refractivity contribution is 5.98. The van der Waals surface area contributed by atoms with Gasteiger partial charge in [-0.25, -0.2) is 14.4 Å². The van der Waals surface area contributed by atoms with E-state index in [0.717, 1.165) is 25.7 Å². The third kappa shape index (κ3) is 4.73. The van der Waals surface area contributed by atoms with E-state index in [1.807, 2.05) is 4.90 Å². The molecule has 2 aliphatic heterocycles. The van der Waals surface area contributed by atoms with Crippen molar-refractivity contribution in [3.63, 3.8) is 0 Å². The van der Waals surface area contributed by atoms with Crippen molar-refractivity contribution in [3.8, 4) is 0 Å². The molecule has 3 fully saturated rings. The van der Waals surface area contributed by atoms with Crippen molar-refractivity contribution in [3.05, 3.63) is 59.9 Å². The molecule has 0 radical (unpaired) electrons. The van der Waals surface area contributed by atoms with Crippen molar-refractivity contribution in [2.24, 2.45) is 0 Å². The number of carbonyl (C=O) groups excluding carboxylic acids is 2. The number of anilines is 1. The molecule has 2 unspecified atom stereocenters. The van der Waals surface area contributed by atoms with E-state index in [4.69, 9.17) is 4.74 Å². The summed E-state index contributed by atoms with van der Waals surface area (Å²) in [6, 6.07) is 7.60. The van der Waals surface area contributed by atoms with Crippen LogP contribution in [0.15, 0.2) is 48.5 Å². The van der Waals surface area contributed by atoms with Crippen LogP contribution in [-0.2, 0) is 14.3 Å². The molecule has 3 heterocycles. The van der Waals surface area contributed by atoms with Crippen LogP contribution in [0.3, 0.4) is 0 Å². The first-order valence-electron chi connectivity index (χ1n) is 11.8. The van der Waals surface area contributed by atoms with Crippen LogP contribution in [0.2, 0.25) is 0 Å². The Morgan fingerprint density at radius 2 is 1.76 bits per heavy atom. The minimum absolute atomic E-state index is 0.0337. The number of morpholine rings is 1. The van der Waals surface area contributed by atoms with Crippen molar-refractivity contribution in [1.29, 1.82) is 0 Å². The number of nitrogens with zero attached hydrogens (tertiary/aromatic N) is 5. The summed E-state index contributed by atoms with van der Waals surface area (Å²) in [5.74, 6) is 0.204. The number of benzene rings is 1. The molecule has 1 aromatic heterocycles. The molecule has 0 spiro atoms. The first-order valence-corrected chi connectivity index (χ1v) is 11.8. The molecule has 5 rings (SSSR count). The van der Waals surface area contributed by atoms with Gasteiger partial charge in [0.2, 0.25) is 11.9 Å². The lowest BCUT2D eigenvalue weighted by molar-refractivity contribution is -0.154. The molecule has 178 valence electrons. The number of piperazine rings is 1. The number of rotatable bonds is 4. The number of fused-ring (bicyclic) bond motifs is 1. The molecule has 2 atom stereocenters. The molecule has 1 aromatic carbocycles. The standard InChI is InChI=1S/C25H28FN5O3/c26-19-8-6-18(7-9-19)16-22-24(33)31(20-4-1-2-5-21(20)34-22)17-23(32)29-12-14-30(15-13-29)25-27-10-3-11-28-25/h3,6-11,16,20-21H,1-2,4-5,12-15,17H2/b22-16+. The highest BCUT2D eigenvalue weighted by Crippen LogP contribution is 2.33. The normalized spacial score (nSPS) is 24.1. The molecule has 0 bridgehead atoms. The summed E-state index contributed by atoms with van der Waals surface area (Å²) in [6.45, 7) is 2.44. The number of hydrogen-bond acceptors (Lipinski definition) is 6. The van der Waals surface area contributed by atoms with Crippen LogP contribution in [0.4, 0.5) is 10.3 Å². The van der Waals surface area contributed by atoms with Crippen LogP contribution >= 0.6 is 0 Å². The number of carbonyl (C=O) groups is 2. The second kappa shape index (κ2) is 9.79. The largest absolute Gasteiger partial charge is 0.482 e. The molecule has 2 saturated heterocycles. The molecule has 34 heavy (non-hydrogen) atoms. The second-order valence-corrected chi connectivity index (χ2v) is 8.92. The fourth-order valence-electron chi connectivity index (χ4n) is 4.93. The SMILES string of the molecule is O=C(CN1C(=O)/C(=C\c2ccc(F)cc2)OC2CCCCC21)N1CCN(c2ncccn2)CC1. The maximum absolute atomic E-state index is 13.4. The molecular weight excluding hydrogens is 437 g/mol.